The normalized spacial score (nSPS) is 16.1. The number of carbonyl (C=O) groups is 1. The number of carbonyl (C=O) groups excluding carboxylic acids is 1. The zero-order valence-corrected chi connectivity index (χ0v) is 23.4. The molecule has 3 aromatic heterocycles. The second-order valence-electron chi connectivity index (χ2n) is 11.2. The highest BCUT2D eigenvalue weighted by atomic mass is 16.7. The summed E-state index contributed by atoms with van der Waals surface area (Å²) in [5.41, 5.74) is 5.14. The summed E-state index contributed by atoms with van der Waals surface area (Å²) in [5.74, 6) is 1.13. The van der Waals surface area contributed by atoms with E-state index < -0.39 is 5.60 Å². The van der Waals surface area contributed by atoms with Crippen molar-refractivity contribution in [3.05, 3.63) is 72.2 Å². The minimum atomic E-state index is -0.610. The van der Waals surface area contributed by atoms with Crippen molar-refractivity contribution in [3.63, 3.8) is 0 Å². The molecule has 0 saturated carbocycles. The number of hydrogen-bond acceptors (Lipinski definition) is 6. The van der Waals surface area contributed by atoms with Crippen LogP contribution in [-0.2, 0) is 15.1 Å². The molecule has 5 rings (SSSR count). The van der Waals surface area contributed by atoms with Crippen LogP contribution in [0, 0.1) is 5.92 Å². The average molecular weight is 528 g/mol. The van der Waals surface area contributed by atoms with Gasteiger partial charge in [0.25, 0.3) is 5.91 Å². The predicted molar refractivity (Wildman–Crippen MR) is 152 cm³/mol. The lowest BCUT2D eigenvalue weighted by atomic mass is 9.99. The second kappa shape index (κ2) is 11.3. The zero-order chi connectivity index (χ0) is 27.6. The van der Waals surface area contributed by atoms with Gasteiger partial charge in [0.1, 0.15) is 16.9 Å². The van der Waals surface area contributed by atoms with Crippen LogP contribution < -0.4 is 0 Å². The molecule has 1 aliphatic rings. The van der Waals surface area contributed by atoms with Gasteiger partial charge < -0.3 is 18.8 Å². The summed E-state index contributed by atoms with van der Waals surface area (Å²) < 4.78 is 18.5. The van der Waals surface area contributed by atoms with Gasteiger partial charge in [-0.3, -0.25) is 14.8 Å². The van der Waals surface area contributed by atoms with Crippen molar-refractivity contribution in [2.75, 3.05) is 20.2 Å². The monoisotopic (exact) mass is 527 g/mol. The van der Waals surface area contributed by atoms with Gasteiger partial charge in [-0.05, 0) is 74.9 Å². The van der Waals surface area contributed by atoms with Crippen LogP contribution in [0.15, 0.2) is 65.3 Å². The Morgan fingerprint density at radius 2 is 1.82 bits per heavy atom. The molecular weight excluding hydrogens is 490 g/mol. The summed E-state index contributed by atoms with van der Waals surface area (Å²) in [6.45, 7) is 9.71. The summed E-state index contributed by atoms with van der Waals surface area (Å²) in [5, 5.41) is 0. The molecule has 0 radical (unpaired) electrons. The fourth-order valence-electron chi connectivity index (χ4n) is 5.06. The summed E-state index contributed by atoms with van der Waals surface area (Å²) in [7, 11) is 1.84. The molecular formula is C32H37N3O4. The van der Waals surface area contributed by atoms with E-state index >= 15 is 0 Å². The van der Waals surface area contributed by atoms with Gasteiger partial charge in [-0.25, -0.2) is 0 Å². The van der Waals surface area contributed by atoms with E-state index in [1.165, 1.54) is 0 Å². The lowest BCUT2D eigenvalue weighted by Gasteiger charge is -2.32. The molecule has 4 aromatic rings. The number of fused-ring (bicyclic) bond motifs is 1. The lowest BCUT2D eigenvalue weighted by Crippen LogP contribution is -2.33. The minimum Gasteiger partial charge on any atom is -0.454 e. The number of amides is 1. The van der Waals surface area contributed by atoms with Crippen molar-refractivity contribution < 1.29 is 18.7 Å². The van der Waals surface area contributed by atoms with E-state index in [1.807, 2.05) is 69.4 Å². The molecule has 204 valence electrons. The average Bonchev–Trinajstić information content (AvgIpc) is 3.37. The van der Waals surface area contributed by atoms with Crippen LogP contribution in [0.2, 0.25) is 0 Å². The first-order chi connectivity index (χ1) is 18.7. The number of pyridine rings is 2. The summed E-state index contributed by atoms with van der Waals surface area (Å²) in [6, 6.07) is 15.5. The zero-order valence-electron chi connectivity index (χ0n) is 23.4. The van der Waals surface area contributed by atoms with E-state index in [4.69, 9.17) is 13.9 Å². The quantitative estimate of drug-likeness (QED) is 0.244. The van der Waals surface area contributed by atoms with Gasteiger partial charge >= 0.3 is 0 Å². The van der Waals surface area contributed by atoms with E-state index in [9.17, 15) is 4.79 Å². The molecule has 0 spiro atoms. The topological polar surface area (TPSA) is 77.7 Å². The van der Waals surface area contributed by atoms with Crippen LogP contribution in [0.25, 0.3) is 33.6 Å². The van der Waals surface area contributed by atoms with Crippen molar-refractivity contribution in [1.82, 2.24) is 14.9 Å². The Kier molecular flexibility index (Phi) is 7.82. The van der Waals surface area contributed by atoms with E-state index in [0.717, 1.165) is 53.8 Å². The van der Waals surface area contributed by atoms with Gasteiger partial charge in [-0.15, -0.1) is 0 Å². The summed E-state index contributed by atoms with van der Waals surface area (Å²) in [6.07, 6.45) is 6.47. The molecule has 1 aromatic carbocycles. The fraction of sp³-hybridized carbons (Fsp3) is 0.406. The molecule has 0 bridgehead atoms. The Balaban J connectivity index is 1.41. The highest BCUT2D eigenvalue weighted by Crippen LogP contribution is 2.36. The molecule has 7 nitrogen and oxygen atoms in total. The van der Waals surface area contributed by atoms with Crippen molar-refractivity contribution in [2.45, 2.75) is 58.8 Å². The van der Waals surface area contributed by atoms with E-state index in [1.54, 1.807) is 17.3 Å². The van der Waals surface area contributed by atoms with Crippen LogP contribution in [-0.4, -0.2) is 47.3 Å². The van der Waals surface area contributed by atoms with Crippen molar-refractivity contribution >= 4 is 17.0 Å². The maximum atomic E-state index is 12.8. The van der Waals surface area contributed by atoms with Gasteiger partial charge in [0, 0.05) is 55.3 Å². The Labute approximate surface area is 230 Å². The maximum Gasteiger partial charge on any atom is 0.253 e. The van der Waals surface area contributed by atoms with Gasteiger partial charge in [0.05, 0.1) is 5.69 Å². The van der Waals surface area contributed by atoms with Crippen LogP contribution >= 0.6 is 0 Å². The molecule has 1 fully saturated rings. The molecule has 0 aliphatic carbocycles. The molecule has 4 heterocycles. The predicted octanol–water partition coefficient (Wildman–Crippen LogP) is 7.06. The van der Waals surface area contributed by atoms with Gasteiger partial charge in [-0.2, -0.15) is 0 Å². The van der Waals surface area contributed by atoms with Crippen molar-refractivity contribution in [1.29, 1.82) is 0 Å². The largest absolute Gasteiger partial charge is 0.454 e. The number of ether oxygens (including phenoxy) is 2. The summed E-state index contributed by atoms with van der Waals surface area (Å²) >= 11 is 0. The lowest BCUT2D eigenvalue weighted by molar-refractivity contribution is -0.220. The number of benzene rings is 1. The van der Waals surface area contributed by atoms with E-state index in [-0.39, 0.29) is 12.2 Å². The first-order valence-electron chi connectivity index (χ1n) is 13.7. The molecule has 39 heavy (non-hydrogen) atoms. The minimum absolute atomic E-state index is 0.0132. The van der Waals surface area contributed by atoms with Crippen LogP contribution in [0.5, 0.6) is 0 Å². The first kappa shape index (κ1) is 27.0. The van der Waals surface area contributed by atoms with Crippen LogP contribution in [0.1, 0.15) is 63.0 Å². The third-order valence-corrected chi connectivity index (χ3v) is 7.07. The molecule has 1 amide bonds. The third kappa shape index (κ3) is 6.05. The van der Waals surface area contributed by atoms with Gasteiger partial charge in [0.2, 0.25) is 0 Å². The number of furan rings is 1. The smallest absolute Gasteiger partial charge is 0.253 e. The Hall–Kier alpha value is -3.55. The number of nitrogens with zero attached hydrogens (tertiary/aromatic N) is 3. The van der Waals surface area contributed by atoms with Crippen LogP contribution in [0.3, 0.4) is 0 Å². The van der Waals surface area contributed by atoms with E-state index in [2.05, 4.69) is 23.8 Å². The number of rotatable bonds is 8. The van der Waals surface area contributed by atoms with Gasteiger partial charge in [0.15, 0.2) is 11.9 Å². The van der Waals surface area contributed by atoms with Gasteiger partial charge in [-0.1, -0.05) is 26.0 Å². The summed E-state index contributed by atoms with van der Waals surface area (Å²) in [4.78, 5) is 23.7. The Morgan fingerprint density at radius 1 is 1.05 bits per heavy atom. The molecule has 1 saturated heterocycles. The molecule has 1 aliphatic heterocycles. The fourth-order valence-corrected chi connectivity index (χ4v) is 5.06. The maximum absolute atomic E-state index is 12.8. The molecule has 1 atom stereocenters. The second-order valence-corrected chi connectivity index (χ2v) is 11.2. The first-order valence-corrected chi connectivity index (χ1v) is 13.7. The highest BCUT2D eigenvalue weighted by molar-refractivity contribution is 5.95. The van der Waals surface area contributed by atoms with E-state index in [0.29, 0.717) is 29.4 Å². The molecule has 0 N–H and O–H groups in total. The van der Waals surface area contributed by atoms with Crippen molar-refractivity contribution in [2.24, 2.45) is 5.92 Å². The molecule has 1 unspecified atom stereocenters. The number of aromatic nitrogens is 2. The molecule has 7 heteroatoms. The Bertz CT molecular complexity index is 1440. The standard InChI is InChI=1S/C32H37N3O4/c1-21(2)20-35(5)31(36)23-11-9-22(10-12-23)27-19-26-30(38-27)25(14-16-33-26)24-13-15-34-28(18-24)32(3,4)39-29-8-6-7-17-37-29/h9-16,18-19,21,29H,6-8,17,20H2,1-5H3. The SMILES string of the molecule is CC(C)CN(C)C(=O)c1ccc(-c2cc3nccc(-c4ccnc(C(C)(C)OC5CCCCO5)c4)c3o2)cc1. The number of hydrogen-bond donors (Lipinski definition) is 0. The third-order valence-electron chi connectivity index (χ3n) is 7.07. The van der Waals surface area contributed by atoms with Crippen LogP contribution in [0.4, 0.5) is 0 Å². The Morgan fingerprint density at radius 3 is 2.54 bits per heavy atom. The van der Waals surface area contributed by atoms with Crippen molar-refractivity contribution in [3.8, 4) is 22.5 Å². The highest BCUT2D eigenvalue weighted by Gasteiger charge is 2.29.